The number of thioether (sulfide) groups is 4. The summed E-state index contributed by atoms with van der Waals surface area (Å²) >= 11 is 6.42. The number of hydrogen-bond acceptors (Lipinski definition) is 15. The number of carbonyl (C=O) groups is 4. The first kappa shape index (κ1) is 76.6. The van der Waals surface area contributed by atoms with Crippen LogP contribution >= 0.6 is 47.0 Å². The number of ketones is 2. The molecule has 0 aliphatic heterocycles. The lowest BCUT2D eigenvalue weighted by Gasteiger charge is -2.43. The number of aliphatic hydroxyl groups is 2. The molecular weight excluding hydrogens is 1190 g/mol. The van der Waals surface area contributed by atoms with Gasteiger partial charge in [0.15, 0.2) is 16.6 Å². The summed E-state index contributed by atoms with van der Waals surface area (Å²) in [6.45, 7) is 28.3. The number of benzene rings is 4. The zero-order valence-corrected chi connectivity index (χ0v) is 58.8. The summed E-state index contributed by atoms with van der Waals surface area (Å²) in [7, 11) is -1.46. The number of hydrogen-bond donors (Lipinski definition) is 2. The minimum Gasteiger partial charge on any atom is -0.468 e. The number of nitriles is 1. The van der Waals surface area contributed by atoms with Gasteiger partial charge in [-0.2, -0.15) is 28.8 Å². The van der Waals surface area contributed by atoms with E-state index in [1.807, 2.05) is 18.2 Å². The van der Waals surface area contributed by atoms with Crippen LogP contribution in [0.25, 0.3) is 21.5 Å². The molecule has 0 aromatic heterocycles. The second-order valence-electron chi connectivity index (χ2n) is 25.9. The lowest BCUT2D eigenvalue weighted by Crippen LogP contribution is -2.48. The first-order valence-electron chi connectivity index (χ1n) is 29.9. The highest BCUT2D eigenvalue weighted by molar-refractivity contribution is 8.01. The second-order valence-corrected chi connectivity index (χ2v) is 40.1. The quantitative estimate of drug-likeness (QED) is 0.0238. The van der Waals surface area contributed by atoms with Crippen molar-refractivity contribution in [2.24, 2.45) is 11.8 Å². The van der Waals surface area contributed by atoms with Gasteiger partial charge >= 0.3 is 11.9 Å². The van der Waals surface area contributed by atoms with Gasteiger partial charge in [0, 0.05) is 31.6 Å². The highest BCUT2D eigenvalue weighted by Gasteiger charge is 2.48. The van der Waals surface area contributed by atoms with Crippen molar-refractivity contribution in [1.82, 2.24) is 0 Å². The standard InChI is InChI=1S/C39H62O5S2Si2.C27H34O5S2.C2H3N.CH4/c1-37(2,3)47(9,10)43-34-27-33(40)36(46-25-15-24-45-28-35(41)42-8)32(34)21-23-39(7,44-48(11,12)38(4,5)6)22-20-29-18-19-30-16-13-14-17-31(30)26-29;1-27(31,12-10-19-8-9-20-6-3-4-7-21(20)16-19)13-11-22-23(28)17-24(29)26(22)34-15-5-14-33-18-25(30)32-2;1-2-3;/h13-14,16-19,21,23,26,32,34,36H,15,20,22,24-25,27-28H2,1-12H3;3-4,6-9,11,13,16,22-23,26,28,31H,5,10,12,14-15,17-18H2,1-2H3;1H3;1H4/b23-21+;13-11+;;/t32-,34+,36+,39?;22-,23+,26+,27?;;/m00../s1. The molecule has 2 aliphatic rings. The van der Waals surface area contributed by atoms with E-state index in [-0.39, 0.29) is 75.9 Å². The maximum Gasteiger partial charge on any atom is 0.315 e. The van der Waals surface area contributed by atoms with Crippen LogP contribution < -0.4 is 0 Å². The summed E-state index contributed by atoms with van der Waals surface area (Å²) in [5.74, 6) is 3.61. The fraction of sp³-hybridized carbons (Fsp3) is 0.580. The molecule has 2 aliphatic carbocycles. The van der Waals surface area contributed by atoms with E-state index in [0.29, 0.717) is 24.3 Å². The van der Waals surface area contributed by atoms with Crippen LogP contribution in [0.15, 0.2) is 109 Å². The smallest absolute Gasteiger partial charge is 0.315 e. The molecule has 2 unspecified atom stereocenters. The number of ether oxygens (including phenoxy) is 2. The lowest BCUT2D eigenvalue weighted by molar-refractivity contribution is -0.138. The summed E-state index contributed by atoms with van der Waals surface area (Å²) in [6.07, 6.45) is 12.7. The summed E-state index contributed by atoms with van der Waals surface area (Å²) in [6, 6.07) is 31.6. The van der Waals surface area contributed by atoms with Crippen LogP contribution in [0.5, 0.6) is 0 Å². The zero-order valence-electron chi connectivity index (χ0n) is 53.5. The molecule has 17 heteroatoms. The number of esters is 2. The van der Waals surface area contributed by atoms with Crippen molar-refractivity contribution in [3.8, 4) is 6.07 Å². The van der Waals surface area contributed by atoms with Gasteiger partial charge in [-0.25, -0.2) is 0 Å². The van der Waals surface area contributed by atoms with Gasteiger partial charge < -0.3 is 28.5 Å². The molecule has 8 atom stereocenters. The molecule has 4 aromatic rings. The average molecular weight is 1290 g/mol. The number of nitrogens with zero attached hydrogens (tertiary/aromatic N) is 1. The van der Waals surface area contributed by atoms with E-state index >= 15 is 0 Å². The van der Waals surface area contributed by atoms with Gasteiger partial charge in [-0.3, -0.25) is 19.2 Å². The number of rotatable bonds is 28. The molecular formula is C69H103NO10S4Si2. The van der Waals surface area contributed by atoms with Gasteiger partial charge in [0.25, 0.3) is 0 Å². The molecule has 0 spiro atoms. The van der Waals surface area contributed by atoms with Gasteiger partial charge in [-0.05, 0) is 144 Å². The monoisotopic (exact) mass is 1290 g/mol. The van der Waals surface area contributed by atoms with E-state index in [4.69, 9.17) is 18.9 Å². The van der Waals surface area contributed by atoms with Crippen LogP contribution in [0, 0.1) is 23.2 Å². The molecule has 2 N–H and O–H groups in total. The van der Waals surface area contributed by atoms with Crippen molar-refractivity contribution >= 4 is 109 Å². The Kier molecular flexibility index (Phi) is 31.7. The van der Waals surface area contributed by atoms with Crippen molar-refractivity contribution in [1.29, 1.82) is 5.26 Å². The van der Waals surface area contributed by atoms with Crippen LogP contribution in [0.1, 0.15) is 119 Å². The molecule has 11 nitrogen and oxygen atoms in total. The van der Waals surface area contributed by atoms with Crippen molar-refractivity contribution in [2.45, 2.75) is 191 Å². The summed E-state index contributed by atoms with van der Waals surface area (Å²) < 4.78 is 23.7. The third-order valence-electron chi connectivity index (χ3n) is 16.7. The van der Waals surface area contributed by atoms with Crippen molar-refractivity contribution in [2.75, 3.05) is 48.7 Å². The van der Waals surface area contributed by atoms with Crippen molar-refractivity contribution < 1.29 is 47.7 Å². The Morgan fingerprint density at radius 2 is 1.07 bits per heavy atom. The summed E-state index contributed by atoms with van der Waals surface area (Å²) in [5.41, 5.74) is 0.945. The van der Waals surface area contributed by atoms with E-state index < -0.39 is 33.9 Å². The number of fused-ring (bicyclic) bond motifs is 2. The number of Topliss-reactive ketones (excluding diaryl/α,β-unsaturated/α-hetero) is 2. The Hall–Kier alpha value is -3.68. The maximum atomic E-state index is 13.7. The van der Waals surface area contributed by atoms with Crippen LogP contribution in [0.2, 0.25) is 36.3 Å². The molecule has 2 saturated carbocycles. The molecule has 0 bridgehead atoms. The highest BCUT2D eigenvalue weighted by Crippen LogP contribution is 2.45. The molecule has 2 fully saturated rings. The topological polar surface area (TPSA) is 169 Å². The number of carbonyl (C=O) groups excluding carboxylic acids is 4. The van der Waals surface area contributed by atoms with Crippen LogP contribution in [0.3, 0.4) is 0 Å². The normalized spacial score (nSPS) is 20.6. The van der Waals surface area contributed by atoms with Gasteiger partial charge in [-0.1, -0.05) is 158 Å². The SMILES string of the molecule is C.CC#N.COC(=O)CSCCCS[C@H]1C(=O)C[C@@H](O)[C@@H]1/C=C/C(C)(O)CCc1ccc2ccccc2c1.COC(=O)CSCCCS[C@H]1C(=O)C[C@@H](O[Si](C)(C)C(C)(C)C)[C@@H]1/C=C/C(C)(CCc1ccc2ccccc2c1)O[Si](C)(C)C(C)(C)C. The summed E-state index contributed by atoms with van der Waals surface area (Å²) in [4.78, 5) is 48.8. The average Bonchev–Trinajstić information content (AvgIpc) is 2.35. The Morgan fingerprint density at radius 1 is 0.640 bits per heavy atom. The Balaban J connectivity index is 0.000000447. The van der Waals surface area contributed by atoms with Gasteiger partial charge in [0.1, 0.15) is 11.6 Å². The molecule has 476 valence electrons. The molecule has 0 saturated heterocycles. The van der Waals surface area contributed by atoms with Crippen LogP contribution in [0.4, 0.5) is 0 Å². The van der Waals surface area contributed by atoms with E-state index in [9.17, 15) is 29.4 Å². The number of aliphatic hydroxyl groups excluding tert-OH is 1. The number of aryl methyl sites for hydroxylation is 2. The zero-order chi connectivity index (χ0) is 63.2. The predicted octanol–water partition coefficient (Wildman–Crippen LogP) is 16.1. The van der Waals surface area contributed by atoms with E-state index in [1.54, 1.807) is 54.4 Å². The van der Waals surface area contributed by atoms with Gasteiger partial charge in [0.2, 0.25) is 0 Å². The van der Waals surface area contributed by atoms with Crippen LogP contribution in [-0.2, 0) is 50.3 Å². The van der Waals surface area contributed by atoms with Crippen LogP contribution in [-0.4, -0.2) is 133 Å². The van der Waals surface area contributed by atoms with E-state index in [1.165, 1.54) is 65.6 Å². The fourth-order valence-corrected chi connectivity index (χ4v) is 17.2. The minimum absolute atomic E-state index is 0. The molecule has 0 radical (unpaired) electrons. The van der Waals surface area contributed by atoms with Gasteiger partial charge in [0.05, 0.1) is 65.7 Å². The first-order valence-corrected chi connectivity index (χ1v) is 40.1. The van der Waals surface area contributed by atoms with Crippen molar-refractivity contribution in [3.63, 3.8) is 0 Å². The van der Waals surface area contributed by atoms with E-state index in [0.717, 1.165) is 55.1 Å². The Bertz CT molecular complexity index is 2890. The van der Waals surface area contributed by atoms with Gasteiger partial charge in [-0.15, -0.1) is 23.5 Å². The molecule has 0 heterocycles. The predicted molar refractivity (Wildman–Crippen MR) is 373 cm³/mol. The molecule has 0 amide bonds. The maximum absolute atomic E-state index is 13.7. The highest BCUT2D eigenvalue weighted by atomic mass is 32.2. The first-order chi connectivity index (χ1) is 39.9. The summed E-state index contributed by atoms with van der Waals surface area (Å²) in [5, 5.41) is 33.2. The largest absolute Gasteiger partial charge is 0.468 e. The Labute approximate surface area is 536 Å². The minimum atomic E-state index is -2.14. The Morgan fingerprint density at radius 3 is 1.53 bits per heavy atom. The third kappa shape index (κ3) is 24.6. The number of methoxy groups -OCH3 is 2. The second kappa shape index (κ2) is 35.6. The lowest BCUT2D eigenvalue weighted by atomic mass is 9.93. The van der Waals surface area contributed by atoms with Crippen molar-refractivity contribution in [3.05, 3.63) is 120 Å². The molecule has 6 rings (SSSR count). The molecule has 86 heavy (non-hydrogen) atoms. The third-order valence-corrected chi connectivity index (χ3v) is 30.8. The fourth-order valence-electron chi connectivity index (χ4n) is 9.64. The molecule has 4 aromatic carbocycles. The van der Waals surface area contributed by atoms with E-state index in [2.05, 4.69) is 164 Å².